The summed E-state index contributed by atoms with van der Waals surface area (Å²) in [6.45, 7) is 7.49. The molecule has 118 valence electrons. The third-order valence-electron chi connectivity index (χ3n) is 5.16. The van der Waals surface area contributed by atoms with Gasteiger partial charge in [0.2, 0.25) is 0 Å². The van der Waals surface area contributed by atoms with Gasteiger partial charge < -0.3 is 5.32 Å². The predicted molar refractivity (Wildman–Crippen MR) is 83.2 cm³/mol. The molecule has 0 heterocycles. The topological polar surface area (TPSA) is 12.0 Å². The van der Waals surface area contributed by atoms with Crippen molar-refractivity contribution in [3.8, 4) is 0 Å². The van der Waals surface area contributed by atoms with Crippen LogP contribution in [-0.2, 0) is 6.42 Å². The lowest BCUT2D eigenvalue weighted by molar-refractivity contribution is 0.170. The maximum atomic E-state index is 13.9. The van der Waals surface area contributed by atoms with Crippen LogP contribution < -0.4 is 5.32 Å². The summed E-state index contributed by atoms with van der Waals surface area (Å²) in [5, 5.41) is 3.46. The van der Waals surface area contributed by atoms with Gasteiger partial charge in [-0.15, -0.1) is 0 Å². The first-order chi connectivity index (χ1) is 10.0. The standard InChI is InChI=1S/C18H27F2N/c1-4-21-18(14-9-8-12(2)13(3)10-14)11-15-16(19)6-5-7-17(15)20/h5-7,12-14,18,21H,4,8-11H2,1-3H3. The van der Waals surface area contributed by atoms with Crippen LogP contribution in [0.3, 0.4) is 0 Å². The van der Waals surface area contributed by atoms with Crippen molar-refractivity contribution in [2.75, 3.05) is 6.54 Å². The Morgan fingerprint density at radius 3 is 2.38 bits per heavy atom. The highest BCUT2D eigenvalue weighted by molar-refractivity contribution is 5.21. The van der Waals surface area contributed by atoms with E-state index in [2.05, 4.69) is 26.1 Å². The van der Waals surface area contributed by atoms with Crippen LogP contribution in [0, 0.1) is 29.4 Å². The van der Waals surface area contributed by atoms with Crippen molar-refractivity contribution >= 4 is 0 Å². The maximum absolute atomic E-state index is 13.9. The molecule has 0 radical (unpaired) electrons. The van der Waals surface area contributed by atoms with Crippen LogP contribution in [0.1, 0.15) is 45.6 Å². The van der Waals surface area contributed by atoms with Crippen molar-refractivity contribution in [1.29, 1.82) is 0 Å². The Labute approximate surface area is 127 Å². The van der Waals surface area contributed by atoms with E-state index < -0.39 is 11.6 Å². The summed E-state index contributed by atoms with van der Waals surface area (Å²) >= 11 is 0. The van der Waals surface area contributed by atoms with Gasteiger partial charge in [-0.25, -0.2) is 8.78 Å². The molecule has 0 aliphatic heterocycles. The highest BCUT2D eigenvalue weighted by atomic mass is 19.1. The molecule has 3 heteroatoms. The van der Waals surface area contributed by atoms with E-state index >= 15 is 0 Å². The number of rotatable bonds is 5. The molecular weight excluding hydrogens is 268 g/mol. The SMILES string of the molecule is CCNC(Cc1c(F)cccc1F)C1CCC(C)C(C)C1. The van der Waals surface area contributed by atoms with Crippen molar-refractivity contribution in [2.45, 2.75) is 52.5 Å². The van der Waals surface area contributed by atoms with E-state index in [0.29, 0.717) is 18.3 Å². The van der Waals surface area contributed by atoms with Crippen molar-refractivity contribution in [1.82, 2.24) is 5.32 Å². The predicted octanol–water partition coefficient (Wildman–Crippen LogP) is 4.56. The molecule has 0 saturated heterocycles. The van der Waals surface area contributed by atoms with E-state index in [-0.39, 0.29) is 11.6 Å². The van der Waals surface area contributed by atoms with E-state index in [9.17, 15) is 8.78 Å². The van der Waals surface area contributed by atoms with Gasteiger partial charge >= 0.3 is 0 Å². The first-order valence-electron chi connectivity index (χ1n) is 8.19. The first kappa shape index (κ1) is 16.4. The van der Waals surface area contributed by atoms with Gasteiger partial charge in [-0.2, -0.15) is 0 Å². The van der Waals surface area contributed by atoms with Crippen LogP contribution in [-0.4, -0.2) is 12.6 Å². The average Bonchev–Trinajstić information content (AvgIpc) is 2.45. The molecule has 2 rings (SSSR count). The Morgan fingerprint density at radius 1 is 1.14 bits per heavy atom. The Hall–Kier alpha value is -0.960. The number of hydrogen-bond donors (Lipinski definition) is 1. The second-order valence-corrected chi connectivity index (χ2v) is 6.60. The third-order valence-corrected chi connectivity index (χ3v) is 5.16. The van der Waals surface area contributed by atoms with Crippen molar-refractivity contribution in [3.63, 3.8) is 0 Å². The zero-order valence-corrected chi connectivity index (χ0v) is 13.3. The van der Waals surface area contributed by atoms with Gasteiger partial charge in [0.05, 0.1) is 0 Å². The molecular formula is C18H27F2N. The van der Waals surface area contributed by atoms with E-state index in [1.54, 1.807) is 0 Å². The second-order valence-electron chi connectivity index (χ2n) is 6.60. The van der Waals surface area contributed by atoms with Crippen LogP contribution in [0.2, 0.25) is 0 Å². The minimum Gasteiger partial charge on any atom is -0.314 e. The maximum Gasteiger partial charge on any atom is 0.129 e. The van der Waals surface area contributed by atoms with Gasteiger partial charge in [-0.3, -0.25) is 0 Å². The lowest BCUT2D eigenvalue weighted by Gasteiger charge is -2.37. The highest BCUT2D eigenvalue weighted by Gasteiger charge is 2.30. The molecule has 1 aliphatic rings. The fraction of sp³-hybridized carbons (Fsp3) is 0.667. The molecule has 1 N–H and O–H groups in total. The summed E-state index contributed by atoms with van der Waals surface area (Å²) < 4.78 is 27.8. The van der Waals surface area contributed by atoms with E-state index in [1.807, 2.05) is 0 Å². The van der Waals surface area contributed by atoms with Crippen LogP contribution in [0.25, 0.3) is 0 Å². The minimum absolute atomic E-state index is 0.163. The van der Waals surface area contributed by atoms with Gasteiger partial charge in [0, 0.05) is 11.6 Å². The molecule has 4 unspecified atom stereocenters. The zero-order valence-electron chi connectivity index (χ0n) is 13.3. The Balaban J connectivity index is 2.12. The molecule has 0 aromatic heterocycles. The number of hydrogen-bond acceptors (Lipinski definition) is 1. The Morgan fingerprint density at radius 2 is 1.81 bits per heavy atom. The molecule has 0 spiro atoms. The Kier molecular flexibility index (Phi) is 5.74. The fourth-order valence-electron chi connectivity index (χ4n) is 3.57. The fourth-order valence-corrected chi connectivity index (χ4v) is 3.57. The average molecular weight is 295 g/mol. The van der Waals surface area contributed by atoms with Crippen LogP contribution in [0.4, 0.5) is 8.78 Å². The zero-order chi connectivity index (χ0) is 15.4. The van der Waals surface area contributed by atoms with Crippen LogP contribution in [0.15, 0.2) is 18.2 Å². The van der Waals surface area contributed by atoms with Crippen molar-refractivity contribution in [2.24, 2.45) is 17.8 Å². The van der Waals surface area contributed by atoms with Crippen molar-refractivity contribution in [3.05, 3.63) is 35.4 Å². The van der Waals surface area contributed by atoms with Crippen LogP contribution >= 0.6 is 0 Å². The van der Waals surface area contributed by atoms with Gasteiger partial charge in [-0.1, -0.05) is 33.3 Å². The number of halogens is 2. The molecule has 1 aromatic rings. The molecule has 0 amide bonds. The molecule has 1 saturated carbocycles. The summed E-state index contributed by atoms with van der Waals surface area (Å²) in [6, 6.07) is 4.30. The first-order valence-corrected chi connectivity index (χ1v) is 8.19. The smallest absolute Gasteiger partial charge is 0.129 e. The normalized spacial score (nSPS) is 27.6. The molecule has 1 fully saturated rings. The molecule has 1 nitrogen and oxygen atoms in total. The van der Waals surface area contributed by atoms with E-state index in [0.717, 1.165) is 25.3 Å². The van der Waals surface area contributed by atoms with Gasteiger partial charge in [0.25, 0.3) is 0 Å². The highest BCUT2D eigenvalue weighted by Crippen LogP contribution is 2.36. The number of likely N-dealkylation sites (N-methyl/N-ethyl adjacent to an activating group) is 1. The summed E-state index contributed by atoms with van der Waals surface area (Å²) in [4.78, 5) is 0. The summed E-state index contributed by atoms with van der Waals surface area (Å²) in [6.07, 6.45) is 3.96. The van der Waals surface area contributed by atoms with Gasteiger partial charge in [-0.05, 0) is 55.7 Å². The van der Waals surface area contributed by atoms with E-state index in [1.165, 1.54) is 24.6 Å². The number of benzene rings is 1. The van der Waals surface area contributed by atoms with Gasteiger partial charge in [0.15, 0.2) is 0 Å². The molecule has 1 aromatic carbocycles. The monoisotopic (exact) mass is 295 g/mol. The lowest BCUT2D eigenvalue weighted by Crippen LogP contribution is -2.41. The summed E-state index contributed by atoms with van der Waals surface area (Å²) in [5.74, 6) is 1.12. The molecule has 4 atom stereocenters. The minimum atomic E-state index is -0.421. The van der Waals surface area contributed by atoms with Gasteiger partial charge in [0.1, 0.15) is 11.6 Å². The lowest BCUT2D eigenvalue weighted by atomic mass is 9.72. The summed E-state index contributed by atoms with van der Waals surface area (Å²) in [7, 11) is 0. The number of nitrogens with one attached hydrogen (secondary N) is 1. The summed E-state index contributed by atoms with van der Waals surface area (Å²) in [5.41, 5.74) is 0.231. The van der Waals surface area contributed by atoms with Crippen molar-refractivity contribution < 1.29 is 8.78 Å². The quantitative estimate of drug-likeness (QED) is 0.840. The second kappa shape index (κ2) is 7.35. The van der Waals surface area contributed by atoms with E-state index in [4.69, 9.17) is 0 Å². The largest absolute Gasteiger partial charge is 0.314 e. The van der Waals surface area contributed by atoms with Crippen LogP contribution in [0.5, 0.6) is 0 Å². The molecule has 0 bridgehead atoms. The Bertz CT molecular complexity index is 440. The molecule has 21 heavy (non-hydrogen) atoms. The molecule has 1 aliphatic carbocycles. The third kappa shape index (κ3) is 4.03.